The van der Waals surface area contributed by atoms with E-state index in [1.165, 1.54) is 0 Å². The molecule has 116 valence electrons. The summed E-state index contributed by atoms with van der Waals surface area (Å²) in [6, 6.07) is 1.69. The number of hydrogen-bond donors (Lipinski definition) is 2. The van der Waals surface area contributed by atoms with Crippen LogP contribution in [0.1, 0.15) is 55.7 Å². The molecule has 1 aliphatic rings. The molecular formula is C14H22N4O3. The predicted molar refractivity (Wildman–Crippen MR) is 76.9 cm³/mol. The highest BCUT2D eigenvalue weighted by Gasteiger charge is 2.28. The second-order valence-electron chi connectivity index (χ2n) is 6.31. The number of piperidine rings is 1. The van der Waals surface area contributed by atoms with Crippen LogP contribution in [0.2, 0.25) is 0 Å². The third-order valence-corrected chi connectivity index (χ3v) is 3.44. The molecule has 2 amide bonds. The standard InChI is InChI=1S/C14H22N4O3/c1-14(2,3)21-13(20)18-6-4-9(5-7-18)10-8-11(12(15)19)17-16-10/h8-9H,4-7H2,1-3H3,(H2,15,19)(H,16,17). The molecule has 1 aromatic rings. The number of carbonyl (C=O) groups excluding carboxylic acids is 2. The van der Waals surface area contributed by atoms with E-state index in [0.29, 0.717) is 13.1 Å². The summed E-state index contributed by atoms with van der Waals surface area (Å²) in [5.41, 5.74) is 5.85. The van der Waals surface area contributed by atoms with Gasteiger partial charge in [0, 0.05) is 24.7 Å². The van der Waals surface area contributed by atoms with Crippen LogP contribution in [0.4, 0.5) is 4.79 Å². The summed E-state index contributed by atoms with van der Waals surface area (Å²) < 4.78 is 5.36. The number of H-pyrrole nitrogens is 1. The van der Waals surface area contributed by atoms with Crippen LogP contribution in [0.25, 0.3) is 0 Å². The number of likely N-dealkylation sites (tertiary alicyclic amines) is 1. The van der Waals surface area contributed by atoms with Crippen molar-refractivity contribution in [3.05, 3.63) is 17.5 Å². The van der Waals surface area contributed by atoms with Crippen LogP contribution in [0.3, 0.4) is 0 Å². The molecule has 1 aromatic heterocycles. The fourth-order valence-electron chi connectivity index (χ4n) is 2.37. The zero-order chi connectivity index (χ0) is 15.6. The average Bonchev–Trinajstić information content (AvgIpc) is 2.86. The molecule has 0 saturated carbocycles. The molecule has 1 fully saturated rings. The minimum absolute atomic E-state index is 0.250. The maximum atomic E-state index is 12.0. The highest BCUT2D eigenvalue weighted by atomic mass is 16.6. The van der Waals surface area contributed by atoms with Gasteiger partial charge in [-0.25, -0.2) is 4.79 Å². The summed E-state index contributed by atoms with van der Waals surface area (Å²) in [7, 11) is 0. The average molecular weight is 294 g/mol. The van der Waals surface area contributed by atoms with Gasteiger partial charge in [0.1, 0.15) is 11.3 Å². The highest BCUT2D eigenvalue weighted by molar-refractivity contribution is 5.90. The number of nitrogens with two attached hydrogens (primary N) is 1. The molecule has 0 radical (unpaired) electrons. The molecule has 0 aromatic carbocycles. The van der Waals surface area contributed by atoms with E-state index in [4.69, 9.17) is 10.5 Å². The van der Waals surface area contributed by atoms with Crippen molar-refractivity contribution >= 4 is 12.0 Å². The lowest BCUT2D eigenvalue weighted by Crippen LogP contribution is -2.41. The van der Waals surface area contributed by atoms with Crippen LogP contribution < -0.4 is 5.73 Å². The van der Waals surface area contributed by atoms with Gasteiger partial charge >= 0.3 is 6.09 Å². The van der Waals surface area contributed by atoms with Gasteiger partial charge in [-0.2, -0.15) is 5.10 Å². The van der Waals surface area contributed by atoms with E-state index in [-0.39, 0.29) is 17.7 Å². The van der Waals surface area contributed by atoms with Crippen molar-refractivity contribution in [2.75, 3.05) is 13.1 Å². The van der Waals surface area contributed by atoms with E-state index in [1.54, 1.807) is 11.0 Å². The number of ether oxygens (including phenoxy) is 1. The molecule has 1 saturated heterocycles. The lowest BCUT2D eigenvalue weighted by molar-refractivity contribution is 0.0204. The van der Waals surface area contributed by atoms with Gasteiger partial charge in [0.15, 0.2) is 0 Å². The molecule has 3 N–H and O–H groups in total. The van der Waals surface area contributed by atoms with Crippen LogP contribution in [0.5, 0.6) is 0 Å². The molecule has 0 aliphatic carbocycles. The van der Waals surface area contributed by atoms with Crippen molar-refractivity contribution in [1.82, 2.24) is 15.1 Å². The zero-order valence-electron chi connectivity index (χ0n) is 12.7. The molecule has 7 nitrogen and oxygen atoms in total. The quantitative estimate of drug-likeness (QED) is 0.865. The van der Waals surface area contributed by atoms with Crippen LogP contribution in [-0.2, 0) is 4.74 Å². The largest absolute Gasteiger partial charge is 0.444 e. The molecule has 0 spiro atoms. The van der Waals surface area contributed by atoms with E-state index >= 15 is 0 Å². The van der Waals surface area contributed by atoms with Crippen molar-refractivity contribution < 1.29 is 14.3 Å². The number of amides is 2. The second kappa shape index (κ2) is 5.75. The number of nitrogens with one attached hydrogen (secondary N) is 1. The number of primary amides is 1. The summed E-state index contributed by atoms with van der Waals surface area (Å²) in [6.07, 6.45) is 1.34. The normalized spacial score (nSPS) is 16.8. The Morgan fingerprint density at radius 1 is 1.38 bits per heavy atom. The molecule has 2 heterocycles. The predicted octanol–water partition coefficient (Wildman–Crippen LogP) is 1.62. The van der Waals surface area contributed by atoms with Crippen molar-refractivity contribution in [2.24, 2.45) is 5.73 Å². The number of rotatable bonds is 2. The first-order valence-electron chi connectivity index (χ1n) is 7.09. The number of aromatic nitrogens is 2. The van der Waals surface area contributed by atoms with E-state index < -0.39 is 11.5 Å². The Labute approximate surface area is 123 Å². The van der Waals surface area contributed by atoms with Crippen molar-refractivity contribution in [2.45, 2.75) is 45.1 Å². The van der Waals surface area contributed by atoms with Gasteiger partial charge in [0.2, 0.25) is 0 Å². The maximum Gasteiger partial charge on any atom is 0.410 e. The molecule has 1 aliphatic heterocycles. The molecule has 0 unspecified atom stereocenters. The third kappa shape index (κ3) is 3.96. The van der Waals surface area contributed by atoms with E-state index in [0.717, 1.165) is 18.5 Å². The summed E-state index contributed by atoms with van der Waals surface area (Å²) >= 11 is 0. The minimum Gasteiger partial charge on any atom is -0.444 e. The van der Waals surface area contributed by atoms with Gasteiger partial charge in [-0.15, -0.1) is 0 Å². The van der Waals surface area contributed by atoms with Crippen LogP contribution >= 0.6 is 0 Å². The third-order valence-electron chi connectivity index (χ3n) is 3.44. The topological polar surface area (TPSA) is 101 Å². The molecule has 21 heavy (non-hydrogen) atoms. The van der Waals surface area contributed by atoms with Gasteiger partial charge in [-0.05, 0) is 39.7 Å². The Morgan fingerprint density at radius 2 is 2.00 bits per heavy atom. The Kier molecular flexibility index (Phi) is 4.20. The lowest BCUT2D eigenvalue weighted by Gasteiger charge is -2.33. The first-order chi connectivity index (χ1) is 9.76. The smallest absolute Gasteiger partial charge is 0.410 e. The zero-order valence-corrected chi connectivity index (χ0v) is 12.7. The van der Waals surface area contributed by atoms with Crippen LogP contribution in [0, 0.1) is 0 Å². The minimum atomic E-state index is -0.538. The SMILES string of the molecule is CC(C)(C)OC(=O)N1CCC(c2cc(C(N)=O)n[nH]2)CC1. The van der Waals surface area contributed by atoms with E-state index in [1.807, 2.05) is 20.8 Å². The van der Waals surface area contributed by atoms with Crippen molar-refractivity contribution in [3.8, 4) is 0 Å². The van der Waals surface area contributed by atoms with Gasteiger partial charge in [0.05, 0.1) is 0 Å². The summed E-state index contributed by atoms with van der Waals surface area (Å²) in [6.45, 7) is 6.82. The maximum absolute atomic E-state index is 12.0. The van der Waals surface area contributed by atoms with Gasteiger partial charge in [-0.3, -0.25) is 9.89 Å². The summed E-state index contributed by atoms with van der Waals surface area (Å²) in [5, 5.41) is 6.74. The van der Waals surface area contributed by atoms with Crippen LogP contribution in [-0.4, -0.2) is 45.8 Å². The molecular weight excluding hydrogens is 272 g/mol. The van der Waals surface area contributed by atoms with E-state index in [9.17, 15) is 9.59 Å². The lowest BCUT2D eigenvalue weighted by atomic mass is 9.93. The fraction of sp³-hybridized carbons (Fsp3) is 0.643. The molecule has 0 atom stereocenters. The Bertz CT molecular complexity index is 525. The van der Waals surface area contributed by atoms with Gasteiger partial charge in [-0.1, -0.05) is 0 Å². The van der Waals surface area contributed by atoms with Gasteiger partial charge < -0.3 is 15.4 Å². The number of nitrogens with zero attached hydrogens (tertiary/aromatic N) is 2. The number of hydrogen-bond acceptors (Lipinski definition) is 4. The molecule has 0 bridgehead atoms. The first-order valence-corrected chi connectivity index (χ1v) is 7.09. The Morgan fingerprint density at radius 3 is 2.48 bits per heavy atom. The van der Waals surface area contributed by atoms with Crippen LogP contribution in [0.15, 0.2) is 6.07 Å². The van der Waals surface area contributed by atoms with Gasteiger partial charge in [0.25, 0.3) is 5.91 Å². The van der Waals surface area contributed by atoms with Crippen molar-refractivity contribution in [3.63, 3.8) is 0 Å². The molecule has 7 heteroatoms. The monoisotopic (exact) mass is 294 g/mol. The Hall–Kier alpha value is -2.05. The molecule has 2 rings (SSSR count). The van der Waals surface area contributed by atoms with Crippen molar-refractivity contribution in [1.29, 1.82) is 0 Å². The summed E-state index contributed by atoms with van der Waals surface area (Å²) in [5.74, 6) is -0.284. The van der Waals surface area contributed by atoms with E-state index in [2.05, 4.69) is 10.2 Å². The fourth-order valence-corrected chi connectivity index (χ4v) is 2.37. The first kappa shape index (κ1) is 15.3. The highest BCUT2D eigenvalue weighted by Crippen LogP contribution is 2.27. The number of carbonyl (C=O) groups is 2. The number of aromatic amines is 1. The summed E-state index contributed by atoms with van der Waals surface area (Å²) in [4.78, 5) is 24.7. The second-order valence-corrected chi connectivity index (χ2v) is 6.31. The Balaban J connectivity index is 1.90.